The third-order valence-corrected chi connectivity index (χ3v) is 3.03. The summed E-state index contributed by atoms with van der Waals surface area (Å²) in [4.78, 5) is 25.5. The minimum Gasteiger partial charge on any atom is -0.444 e. The van der Waals surface area contributed by atoms with Crippen molar-refractivity contribution in [3.8, 4) is 0 Å². The second kappa shape index (κ2) is 5.71. The summed E-state index contributed by atoms with van der Waals surface area (Å²) in [5.74, 6) is -0.568. The standard InChI is InChI=1S/C15H19FN2O3/c1-15(2,3)21-14(20)17-12-8-9-18(13(12)19)11-6-4-10(16)5-7-11/h4-7,12H,8-9H2,1-3H3,(H,17,20)/t12-/m0/s1. The molecule has 21 heavy (non-hydrogen) atoms. The molecule has 1 aromatic carbocycles. The monoisotopic (exact) mass is 294 g/mol. The van der Waals surface area contributed by atoms with Crippen molar-refractivity contribution in [1.82, 2.24) is 5.32 Å². The number of nitrogens with zero attached hydrogens (tertiary/aromatic N) is 1. The Labute approximate surface area is 123 Å². The molecule has 5 nitrogen and oxygen atoms in total. The van der Waals surface area contributed by atoms with E-state index < -0.39 is 17.7 Å². The molecular weight excluding hydrogens is 275 g/mol. The number of amides is 2. The van der Waals surface area contributed by atoms with Gasteiger partial charge in [-0.25, -0.2) is 9.18 Å². The van der Waals surface area contributed by atoms with E-state index >= 15 is 0 Å². The zero-order chi connectivity index (χ0) is 15.6. The number of hydrogen-bond acceptors (Lipinski definition) is 3. The number of rotatable bonds is 2. The van der Waals surface area contributed by atoms with Crippen LogP contribution >= 0.6 is 0 Å². The van der Waals surface area contributed by atoms with Crippen molar-refractivity contribution in [2.45, 2.75) is 38.8 Å². The van der Waals surface area contributed by atoms with Gasteiger partial charge in [0, 0.05) is 12.2 Å². The summed E-state index contributed by atoms with van der Waals surface area (Å²) in [5, 5.41) is 2.57. The van der Waals surface area contributed by atoms with Crippen molar-refractivity contribution in [3.05, 3.63) is 30.1 Å². The molecule has 0 aromatic heterocycles. The Morgan fingerprint density at radius 2 is 1.95 bits per heavy atom. The second-order valence-corrected chi connectivity index (χ2v) is 5.95. The highest BCUT2D eigenvalue weighted by molar-refractivity contribution is 6.00. The predicted molar refractivity (Wildman–Crippen MR) is 76.5 cm³/mol. The molecule has 0 aliphatic carbocycles. The average molecular weight is 294 g/mol. The van der Waals surface area contributed by atoms with Crippen LogP contribution in [0.25, 0.3) is 0 Å². The minimum absolute atomic E-state index is 0.215. The Morgan fingerprint density at radius 3 is 2.52 bits per heavy atom. The molecule has 0 bridgehead atoms. The maximum atomic E-state index is 12.9. The average Bonchev–Trinajstić information content (AvgIpc) is 2.70. The van der Waals surface area contributed by atoms with Gasteiger partial charge in [0.15, 0.2) is 0 Å². The fraction of sp³-hybridized carbons (Fsp3) is 0.467. The minimum atomic E-state index is -0.609. The molecule has 6 heteroatoms. The Balaban J connectivity index is 1.98. The third kappa shape index (κ3) is 3.93. The van der Waals surface area contributed by atoms with E-state index in [-0.39, 0.29) is 11.7 Å². The van der Waals surface area contributed by atoms with Crippen LogP contribution in [0, 0.1) is 5.82 Å². The first kappa shape index (κ1) is 15.3. The smallest absolute Gasteiger partial charge is 0.408 e. The topological polar surface area (TPSA) is 58.6 Å². The molecule has 114 valence electrons. The summed E-state index contributed by atoms with van der Waals surface area (Å²) in [7, 11) is 0. The number of halogens is 1. The summed E-state index contributed by atoms with van der Waals surface area (Å²) in [5.41, 5.74) is 0.0115. The Bertz CT molecular complexity index is 537. The van der Waals surface area contributed by atoms with Crippen molar-refractivity contribution < 1.29 is 18.7 Å². The lowest BCUT2D eigenvalue weighted by atomic mass is 10.2. The number of nitrogens with one attached hydrogen (secondary N) is 1. The van der Waals surface area contributed by atoms with Gasteiger partial charge in [-0.15, -0.1) is 0 Å². The third-order valence-electron chi connectivity index (χ3n) is 3.03. The summed E-state index contributed by atoms with van der Waals surface area (Å²) in [6.45, 7) is 5.75. The lowest BCUT2D eigenvalue weighted by Crippen LogP contribution is -2.43. The molecule has 2 amide bonds. The van der Waals surface area contributed by atoms with Gasteiger partial charge in [0.2, 0.25) is 5.91 Å². The summed E-state index contributed by atoms with van der Waals surface area (Å²) in [6, 6.07) is 5.09. The molecule has 1 aliphatic rings. The number of benzene rings is 1. The van der Waals surface area contributed by atoms with Gasteiger partial charge in [-0.1, -0.05) is 0 Å². The maximum Gasteiger partial charge on any atom is 0.408 e. The normalized spacial score (nSPS) is 18.8. The molecule has 1 aliphatic heterocycles. The van der Waals surface area contributed by atoms with E-state index in [1.54, 1.807) is 32.9 Å². The van der Waals surface area contributed by atoms with Crippen LogP contribution in [0.4, 0.5) is 14.9 Å². The number of ether oxygens (including phenoxy) is 1. The van der Waals surface area contributed by atoms with Crippen molar-refractivity contribution >= 4 is 17.7 Å². The molecule has 0 unspecified atom stereocenters. The molecule has 1 atom stereocenters. The van der Waals surface area contributed by atoms with Crippen LogP contribution in [0.1, 0.15) is 27.2 Å². The van der Waals surface area contributed by atoms with E-state index in [0.717, 1.165) is 0 Å². The number of carbonyl (C=O) groups is 2. The molecule has 1 aromatic rings. The lowest BCUT2D eigenvalue weighted by Gasteiger charge is -2.21. The fourth-order valence-electron chi connectivity index (χ4n) is 2.14. The first-order chi connectivity index (χ1) is 9.76. The Morgan fingerprint density at radius 1 is 1.33 bits per heavy atom. The van der Waals surface area contributed by atoms with Crippen LogP contribution in [0.2, 0.25) is 0 Å². The Hall–Kier alpha value is -2.11. The van der Waals surface area contributed by atoms with Crippen LogP contribution in [0.3, 0.4) is 0 Å². The summed E-state index contributed by atoms with van der Waals surface area (Å²) in [6.07, 6.45) is -0.114. The lowest BCUT2D eigenvalue weighted by molar-refractivity contribution is -0.118. The van der Waals surface area contributed by atoms with Crippen molar-refractivity contribution in [3.63, 3.8) is 0 Å². The zero-order valence-corrected chi connectivity index (χ0v) is 12.4. The molecule has 0 spiro atoms. The summed E-state index contributed by atoms with van der Waals surface area (Å²) >= 11 is 0. The number of carbonyl (C=O) groups excluding carboxylic acids is 2. The van der Waals surface area contributed by atoms with E-state index in [1.807, 2.05) is 0 Å². The SMILES string of the molecule is CC(C)(C)OC(=O)N[C@H]1CCN(c2ccc(F)cc2)C1=O. The van der Waals surface area contributed by atoms with E-state index in [2.05, 4.69) is 5.32 Å². The highest BCUT2D eigenvalue weighted by Gasteiger charge is 2.34. The van der Waals surface area contributed by atoms with Gasteiger partial charge in [-0.05, 0) is 51.5 Å². The van der Waals surface area contributed by atoms with Gasteiger partial charge >= 0.3 is 6.09 Å². The van der Waals surface area contributed by atoms with Crippen LogP contribution in [-0.4, -0.2) is 30.2 Å². The van der Waals surface area contributed by atoms with Gasteiger partial charge in [-0.2, -0.15) is 0 Å². The largest absolute Gasteiger partial charge is 0.444 e. The fourth-order valence-corrected chi connectivity index (χ4v) is 2.14. The first-order valence-corrected chi connectivity index (χ1v) is 6.83. The number of alkyl carbamates (subject to hydrolysis) is 1. The van der Waals surface area contributed by atoms with Gasteiger partial charge in [0.25, 0.3) is 0 Å². The molecule has 1 N–H and O–H groups in total. The molecule has 1 saturated heterocycles. The quantitative estimate of drug-likeness (QED) is 0.911. The number of anilines is 1. The van der Waals surface area contributed by atoms with Crippen LogP contribution in [0.15, 0.2) is 24.3 Å². The Kier molecular flexibility index (Phi) is 4.16. The van der Waals surface area contributed by atoms with Gasteiger partial charge in [0.1, 0.15) is 17.5 Å². The molecule has 1 fully saturated rings. The van der Waals surface area contributed by atoms with Crippen molar-refractivity contribution in [2.24, 2.45) is 0 Å². The van der Waals surface area contributed by atoms with Crippen molar-refractivity contribution in [1.29, 1.82) is 0 Å². The van der Waals surface area contributed by atoms with Crippen LogP contribution < -0.4 is 10.2 Å². The molecule has 0 radical (unpaired) electrons. The highest BCUT2D eigenvalue weighted by atomic mass is 19.1. The van der Waals surface area contributed by atoms with Gasteiger partial charge in [0.05, 0.1) is 0 Å². The highest BCUT2D eigenvalue weighted by Crippen LogP contribution is 2.22. The van der Waals surface area contributed by atoms with Gasteiger partial charge < -0.3 is 15.0 Å². The maximum absolute atomic E-state index is 12.9. The van der Waals surface area contributed by atoms with Crippen LogP contribution in [0.5, 0.6) is 0 Å². The molecule has 0 saturated carbocycles. The summed E-state index contributed by atoms with van der Waals surface area (Å²) < 4.78 is 18.0. The van der Waals surface area contributed by atoms with Crippen LogP contribution in [-0.2, 0) is 9.53 Å². The molecule has 1 heterocycles. The molecular formula is C15H19FN2O3. The molecule has 2 rings (SSSR count). The second-order valence-electron chi connectivity index (χ2n) is 5.95. The predicted octanol–water partition coefficient (Wildman–Crippen LogP) is 2.46. The van der Waals surface area contributed by atoms with Crippen molar-refractivity contribution in [2.75, 3.05) is 11.4 Å². The first-order valence-electron chi connectivity index (χ1n) is 6.83. The van der Waals surface area contributed by atoms with Gasteiger partial charge in [-0.3, -0.25) is 4.79 Å². The van der Waals surface area contributed by atoms with E-state index in [0.29, 0.717) is 18.7 Å². The zero-order valence-electron chi connectivity index (χ0n) is 12.4. The number of hydrogen-bond donors (Lipinski definition) is 1. The van der Waals surface area contributed by atoms with E-state index in [9.17, 15) is 14.0 Å². The van der Waals surface area contributed by atoms with E-state index in [1.165, 1.54) is 17.0 Å². The van der Waals surface area contributed by atoms with E-state index in [4.69, 9.17) is 4.74 Å².